The maximum atomic E-state index is 12.3. The fourth-order valence-corrected chi connectivity index (χ4v) is 6.69. The summed E-state index contributed by atoms with van der Waals surface area (Å²) < 4.78 is 36.0. The summed E-state index contributed by atoms with van der Waals surface area (Å²) in [7, 11) is -4.14. The van der Waals surface area contributed by atoms with Crippen molar-refractivity contribution in [1.82, 2.24) is 14.6 Å². The molecule has 0 saturated carbocycles. The van der Waals surface area contributed by atoms with Crippen molar-refractivity contribution in [3.63, 3.8) is 0 Å². The van der Waals surface area contributed by atoms with Gasteiger partial charge < -0.3 is 25.2 Å². The minimum atomic E-state index is -4.14. The Labute approximate surface area is 305 Å². The highest BCUT2D eigenvalue weighted by atomic mass is 31.2. The topological polar surface area (TPSA) is 174 Å². The van der Waals surface area contributed by atoms with Gasteiger partial charge in [0, 0.05) is 19.8 Å². The number of ether oxygens (including phenoxy) is 2. The van der Waals surface area contributed by atoms with E-state index in [4.69, 9.17) is 34.6 Å². The van der Waals surface area contributed by atoms with Crippen LogP contribution in [0.15, 0.2) is 48.8 Å². The van der Waals surface area contributed by atoms with Gasteiger partial charge in [0.1, 0.15) is 17.9 Å². The lowest BCUT2D eigenvalue weighted by Gasteiger charge is -2.16. The molecule has 3 unspecified atom stereocenters. The summed E-state index contributed by atoms with van der Waals surface area (Å²) in [4.78, 5) is 14.0. The minimum Gasteiger partial charge on any atom is -0.392 e. The average molecular weight is 732 g/mol. The molecule has 1 aliphatic heterocycles. The lowest BCUT2D eigenvalue weighted by atomic mass is 10.0. The molecule has 286 valence electrons. The van der Waals surface area contributed by atoms with E-state index in [0.717, 1.165) is 36.2 Å². The molecule has 0 aliphatic carbocycles. The van der Waals surface area contributed by atoms with Crippen molar-refractivity contribution < 1.29 is 33.1 Å². The molecule has 12 nitrogen and oxygen atoms in total. The van der Waals surface area contributed by atoms with E-state index in [2.05, 4.69) is 23.6 Å². The first-order chi connectivity index (χ1) is 24.9. The molecule has 1 aliphatic rings. The minimum absolute atomic E-state index is 0.0136. The summed E-state index contributed by atoms with van der Waals surface area (Å²) in [5, 5.41) is 19.3. The third-order valence-electron chi connectivity index (χ3n) is 8.73. The van der Waals surface area contributed by atoms with Crippen LogP contribution in [0.3, 0.4) is 0 Å². The highest BCUT2D eigenvalue weighted by molar-refractivity contribution is 7.47. The van der Waals surface area contributed by atoms with E-state index in [1.54, 1.807) is 4.52 Å². The molecule has 1 aromatic carbocycles. The quantitative estimate of drug-likeness (QED) is 0.0561. The number of nitrogens with two attached hydrogens (primary N) is 1. The standard InChI is InChI=1S/C30H53N4O6P.C7H8O.CHN/c1-2-3-4-5-6-7-8-9-10-11-12-13-14-15-21-37-22-16-23-38-41(35,36)39-24-26-17-20-29(40-26)27-18-19-28-30(31)32-25-33-34(27)28;8-6-7-4-2-1-3-5-7;1-2/h18-19,25-26,29H,2-17,20-24H2,1H3,(H,35,36)(H2,31,32,33);1-5,8H,6H2;1H. The van der Waals surface area contributed by atoms with Gasteiger partial charge in [-0.1, -0.05) is 121 Å². The van der Waals surface area contributed by atoms with E-state index in [-0.39, 0.29) is 32.0 Å². The average Bonchev–Trinajstić information content (AvgIpc) is 3.81. The van der Waals surface area contributed by atoms with Crippen molar-refractivity contribution in [3.8, 4) is 6.57 Å². The predicted octanol–water partition coefficient (Wildman–Crippen LogP) is 8.87. The second kappa shape index (κ2) is 27.7. The Kier molecular flexibility index (Phi) is 24.1. The van der Waals surface area contributed by atoms with Gasteiger partial charge in [0.2, 0.25) is 0 Å². The van der Waals surface area contributed by atoms with Gasteiger partial charge in [0.25, 0.3) is 0 Å². The summed E-state index contributed by atoms with van der Waals surface area (Å²) in [6.45, 7) is 7.23. The lowest BCUT2D eigenvalue weighted by Crippen LogP contribution is -2.15. The highest BCUT2D eigenvalue weighted by Gasteiger charge is 2.31. The molecule has 0 radical (unpaired) electrons. The van der Waals surface area contributed by atoms with Crippen LogP contribution in [0.2, 0.25) is 0 Å². The van der Waals surface area contributed by atoms with Crippen molar-refractivity contribution in [2.45, 2.75) is 135 Å². The van der Waals surface area contributed by atoms with Crippen molar-refractivity contribution in [2.75, 3.05) is 32.2 Å². The van der Waals surface area contributed by atoms with Crippen molar-refractivity contribution in [3.05, 3.63) is 60.0 Å². The summed E-state index contributed by atoms with van der Waals surface area (Å²) in [6, 6.07) is 13.3. The van der Waals surface area contributed by atoms with E-state index < -0.39 is 7.82 Å². The van der Waals surface area contributed by atoms with Crippen LogP contribution in [0.25, 0.3) is 5.52 Å². The van der Waals surface area contributed by atoms with E-state index >= 15 is 0 Å². The van der Waals surface area contributed by atoms with Gasteiger partial charge in [-0.15, -0.1) is 0 Å². The Morgan fingerprint density at radius 3 is 2.08 bits per heavy atom. The highest BCUT2D eigenvalue weighted by Crippen LogP contribution is 2.44. The number of nitrogens with zero attached hydrogens (tertiary/aromatic N) is 4. The monoisotopic (exact) mass is 731 g/mol. The van der Waals surface area contributed by atoms with Gasteiger partial charge in [-0.25, -0.2) is 19.3 Å². The molecule has 3 heterocycles. The number of unbranched alkanes of at least 4 members (excludes halogenated alkanes) is 13. The van der Waals surface area contributed by atoms with Crippen LogP contribution in [0, 0.1) is 11.8 Å². The van der Waals surface area contributed by atoms with Crippen LogP contribution in [-0.2, 0) is 29.7 Å². The van der Waals surface area contributed by atoms with Crippen LogP contribution in [0.1, 0.15) is 133 Å². The Morgan fingerprint density at radius 2 is 1.47 bits per heavy atom. The van der Waals surface area contributed by atoms with E-state index in [1.807, 2.05) is 42.5 Å². The SMILES string of the molecule is C#N.CCCCCCCCCCCCCCCCOCCCOP(=O)(O)OCC1CCC(c2ccc3c(N)ncnn23)O1.OCc1ccccc1. The van der Waals surface area contributed by atoms with Crippen LogP contribution >= 0.6 is 7.82 Å². The molecule has 1 saturated heterocycles. The Hall–Kier alpha value is -2.88. The molecule has 0 amide bonds. The molecule has 3 aromatic rings. The first-order valence-electron chi connectivity index (χ1n) is 18.8. The maximum Gasteiger partial charge on any atom is 0.472 e. The number of nitrogen functional groups attached to an aromatic ring is 1. The molecule has 0 bridgehead atoms. The smallest absolute Gasteiger partial charge is 0.392 e. The number of hydrogen-bond acceptors (Lipinski definition) is 10. The zero-order valence-corrected chi connectivity index (χ0v) is 31.6. The molecule has 1 fully saturated rings. The number of benzene rings is 1. The molecule has 4 rings (SSSR count). The van der Waals surface area contributed by atoms with E-state index in [9.17, 15) is 9.46 Å². The van der Waals surface area contributed by atoms with Crippen LogP contribution in [-0.4, -0.2) is 57.1 Å². The fraction of sp³-hybridized carbons (Fsp3) is 0.658. The fourth-order valence-electron chi connectivity index (χ4n) is 5.90. The third kappa shape index (κ3) is 19.0. The normalized spacial score (nSPS) is 16.6. The number of fused-ring (bicyclic) bond motifs is 1. The van der Waals surface area contributed by atoms with Crippen LogP contribution in [0.5, 0.6) is 0 Å². The molecule has 51 heavy (non-hydrogen) atoms. The van der Waals surface area contributed by atoms with Gasteiger partial charge in [-0.3, -0.25) is 9.05 Å². The number of phosphoric ester groups is 1. The van der Waals surface area contributed by atoms with Crippen LogP contribution < -0.4 is 5.73 Å². The van der Waals surface area contributed by atoms with Crippen LogP contribution in [0.4, 0.5) is 5.82 Å². The molecule has 13 heteroatoms. The summed E-state index contributed by atoms with van der Waals surface area (Å²) in [6.07, 6.45) is 21.6. The summed E-state index contributed by atoms with van der Waals surface area (Å²) in [5.74, 6) is 0.405. The van der Waals surface area contributed by atoms with E-state index in [1.165, 1.54) is 89.8 Å². The molecule has 3 atom stereocenters. The molecule has 4 N–H and O–H groups in total. The Balaban J connectivity index is 0.000000781. The Bertz CT molecular complexity index is 1360. The zero-order valence-electron chi connectivity index (χ0n) is 30.7. The number of aromatic nitrogens is 3. The van der Waals surface area contributed by atoms with Gasteiger partial charge in [-0.2, -0.15) is 5.10 Å². The molecule has 2 aromatic heterocycles. The number of aliphatic hydroxyl groups is 1. The first-order valence-corrected chi connectivity index (χ1v) is 20.3. The molecule has 0 spiro atoms. The second-order valence-corrected chi connectivity index (χ2v) is 14.3. The number of phosphoric acid groups is 1. The number of nitriles is 1. The van der Waals surface area contributed by atoms with Gasteiger partial charge in [-0.05, 0) is 43.4 Å². The van der Waals surface area contributed by atoms with E-state index in [0.29, 0.717) is 25.3 Å². The number of aliphatic hydroxyl groups excluding tert-OH is 1. The van der Waals surface area contributed by atoms with Crippen molar-refractivity contribution in [1.29, 1.82) is 5.26 Å². The number of hydrogen-bond donors (Lipinski definition) is 3. The van der Waals surface area contributed by atoms with Gasteiger partial charge in [0.15, 0.2) is 5.82 Å². The summed E-state index contributed by atoms with van der Waals surface area (Å²) >= 11 is 0. The molecular weight excluding hydrogens is 669 g/mol. The first kappa shape index (κ1) is 44.3. The molecular formula is C38H62N5O7P. The maximum absolute atomic E-state index is 12.3. The number of anilines is 1. The van der Waals surface area contributed by atoms with Gasteiger partial charge in [0.05, 0.1) is 31.6 Å². The lowest BCUT2D eigenvalue weighted by molar-refractivity contribution is 0.00431. The van der Waals surface area contributed by atoms with Crippen molar-refractivity contribution in [2.24, 2.45) is 0 Å². The second-order valence-electron chi connectivity index (χ2n) is 12.8. The summed E-state index contributed by atoms with van der Waals surface area (Å²) in [5.41, 5.74) is 8.46. The number of rotatable bonds is 25. The van der Waals surface area contributed by atoms with Gasteiger partial charge >= 0.3 is 7.82 Å². The predicted molar refractivity (Wildman–Crippen MR) is 201 cm³/mol. The Morgan fingerprint density at radius 1 is 0.863 bits per heavy atom. The van der Waals surface area contributed by atoms with Crippen molar-refractivity contribution >= 4 is 19.2 Å². The largest absolute Gasteiger partial charge is 0.472 e. The third-order valence-corrected chi connectivity index (χ3v) is 9.71. The zero-order chi connectivity index (χ0) is 37.0.